The van der Waals surface area contributed by atoms with Crippen LogP contribution in [-0.2, 0) is 13.2 Å². The van der Waals surface area contributed by atoms with Gasteiger partial charge in [0.15, 0.2) is 0 Å². The van der Waals surface area contributed by atoms with Crippen molar-refractivity contribution in [2.24, 2.45) is 0 Å². The lowest BCUT2D eigenvalue weighted by atomic mass is 10.1. The Balaban J connectivity index is 1.66. The van der Waals surface area contributed by atoms with Crippen molar-refractivity contribution in [2.45, 2.75) is 13.2 Å². The van der Waals surface area contributed by atoms with E-state index in [1.54, 1.807) is 0 Å². The van der Waals surface area contributed by atoms with Crippen molar-refractivity contribution in [3.05, 3.63) is 90.0 Å². The molecule has 0 fully saturated rings. The highest BCUT2D eigenvalue weighted by Gasteiger charge is 2.00. The summed E-state index contributed by atoms with van der Waals surface area (Å²) in [6.45, 7) is 0.554. The lowest BCUT2D eigenvalue weighted by Gasteiger charge is -2.08. The molecule has 3 rings (SSSR count). The van der Waals surface area contributed by atoms with E-state index in [2.05, 4.69) is 24.3 Å². The summed E-state index contributed by atoms with van der Waals surface area (Å²) < 4.78 is 5.80. The third-order valence-corrected chi connectivity index (χ3v) is 3.54. The molecule has 0 aromatic heterocycles. The zero-order valence-corrected chi connectivity index (χ0v) is 12.3. The zero-order valence-electron chi connectivity index (χ0n) is 12.3. The Morgan fingerprint density at radius 3 is 2.09 bits per heavy atom. The SMILES string of the molecule is OCc1cccc(COc2ccc(-c3ccccc3)cc2)c1. The van der Waals surface area contributed by atoms with Crippen LogP contribution in [0.3, 0.4) is 0 Å². The number of benzene rings is 3. The second-order valence-electron chi connectivity index (χ2n) is 5.16. The van der Waals surface area contributed by atoms with Crippen molar-refractivity contribution in [3.8, 4) is 16.9 Å². The van der Waals surface area contributed by atoms with Gasteiger partial charge in [-0.05, 0) is 34.4 Å². The molecular formula is C20H18O2. The highest BCUT2D eigenvalue weighted by molar-refractivity contribution is 5.63. The highest BCUT2D eigenvalue weighted by atomic mass is 16.5. The average molecular weight is 290 g/mol. The lowest BCUT2D eigenvalue weighted by Crippen LogP contribution is -1.96. The Hall–Kier alpha value is -2.58. The van der Waals surface area contributed by atoms with Crippen molar-refractivity contribution in [3.63, 3.8) is 0 Å². The van der Waals surface area contributed by atoms with Crippen molar-refractivity contribution in [1.29, 1.82) is 0 Å². The minimum Gasteiger partial charge on any atom is -0.489 e. The molecule has 22 heavy (non-hydrogen) atoms. The molecular weight excluding hydrogens is 272 g/mol. The van der Waals surface area contributed by atoms with Gasteiger partial charge in [0.1, 0.15) is 12.4 Å². The van der Waals surface area contributed by atoms with Crippen LogP contribution < -0.4 is 4.74 Å². The van der Waals surface area contributed by atoms with Gasteiger partial charge in [0.05, 0.1) is 6.61 Å². The van der Waals surface area contributed by atoms with Crippen LogP contribution in [0.15, 0.2) is 78.9 Å². The first kappa shape index (κ1) is 14.4. The zero-order chi connectivity index (χ0) is 15.2. The van der Waals surface area contributed by atoms with Crippen LogP contribution in [0.5, 0.6) is 5.75 Å². The van der Waals surface area contributed by atoms with E-state index in [0.29, 0.717) is 6.61 Å². The second-order valence-corrected chi connectivity index (χ2v) is 5.16. The van der Waals surface area contributed by atoms with Gasteiger partial charge in [0.25, 0.3) is 0 Å². The first-order valence-corrected chi connectivity index (χ1v) is 7.32. The first-order chi connectivity index (χ1) is 10.8. The smallest absolute Gasteiger partial charge is 0.119 e. The molecule has 0 saturated heterocycles. The van der Waals surface area contributed by atoms with E-state index in [1.807, 2.05) is 54.6 Å². The first-order valence-electron chi connectivity index (χ1n) is 7.32. The maximum atomic E-state index is 9.15. The number of hydrogen-bond acceptors (Lipinski definition) is 2. The van der Waals surface area contributed by atoms with E-state index in [9.17, 15) is 0 Å². The monoisotopic (exact) mass is 290 g/mol. The molecule has 0 amide bonds. The second kappa shape index (κ2) is 6.92. The van der Waals surface area contributed by atoms with Gasteiger partial charge in [-0.15, -0.1) is 0 Å². The van der Waals surface area contributed by atoms with Crippen LogP contribution in [0.25, 0.3) is 11.1 Å². The molecule has 0 bridgehead atoms. The fourth-order valence-corrected chi connectivity index (χ4v) is 2.36. The summed E-state index contributed by atoms with van der Waals surface area (Å²) in [4.78, 5) is 0. The lowest BCUT2D eigenvalue weighted by molar-refractivity contribution is 0.280. The molecule has 3 aromatic rings. The van der Waals surface area contributed by atoms with E-state index in [1.165, 1.54) is 11.1 Å². The van der Waals surface area contributed by atoms with E-state index < -0.39 is 0 Å². The summed E-state index contributed by atoms with van der Waals surface area (Å²) in [7, 11) is 0. The molecule has 0 unspecified atom stereocenters. The molecule has 0 spiro atoms. The van der Waals surface area contributed by atoms with Crippen molar-refractivity contribution < 1.29 is 9.84 Å². The molecule has 0 aliphatic heterocycles. The number of aliphatic hydroxyl groups is 1. The summed E-state index contributed by atoms with van der Waals surface area (Å²) in [6.07, 6.45) is 0. The van der Waals surface area contributed by atoms with Gasteiger partial charge >= 0.3 is 0 Å². The predicted octanol–water partition coefficient (Wildman–Crippen LogP) is 4.42. The molecule has 2 nitrogen and oxygen atoms in total. The Bertz CT molecular complexity index is 718. The fraction of sp³-hybridized carbons (Fsp3) is 0.100. The van der Waals surface area contributed by atoms with E-state index >= 15 is 0 Å². The number of ether oxygens (including phenoxy) is 1. The van der Waals surface area contributed by atoms with E-state index in [4.69, 9.17) is 9.84 Å². The molecule has 0 atom stereocenters. The van der Waals surface area contributed by atoms with E-state index in [-0.39, 0.29) is 6.61 Å². The minimum atomic E-state index is 0.0552. The van der Waals surface area contributed by atoms with Gasteiger partial charge in [-0.2, -0.15) is 0 Å². The third kappa shape index (κ3) is 3.54. The number of rotatable bonds is 5. The van der Waals surface area contributed by atoms with Crippen LogP contribution in [0.4, 0.5) is 0 Å². The molecule has 0 heterocycles. The Labute approximate surface area is 130 Å². The summed E-state index contributed by atoms with van der Waals surface area (Å²) in [5, 5.41) is 9.15. The third-order valence-electron chi connectivity index (χ3n) is 3.54. The summed E-state index contributed by atoms with van der Waals surface area (Å²) in [6, 6.07) is 26.2. The molecule has 0 radical (unpaired) electrons. The van der Waals surface area contributed by atoms with Crippen LogP contribution in [0.2, 0.25) is 0 Å². The largest absolute Gasteiger partial charge is 0.489 e. The van der Waals surface area contributed by atoms with Gasteiger partial charge in [0, 0.05) is 0 Å². The van der Waals surface area contributed by atoms with Gasteiger partial charge < -0.3 is 9.84 Å². The van der Waals surface area contributed by atoms with Crippen molar-refractivity contribution in [1.82, 2.24) is 0 Å². The quantitative estimate of drug-likeness (QED) is 0.753. The number of hydrogen-bond donors (Lipinski definition) is 1. The molecule has 3 aromatic carbocycles. The van der Waals surface area contributed by atoms with Crippen LogP contribution in [0, 0.1) is 0 Å². The Morgan fingerprint density at radius 1 is 0.682 bits per heavy atom. The maximum Gasteiger partial charge on any atom is 0.119 e. The normalized spacial score (nSPS) is 10.4. The van der Waals surface area contributed by atoms with Gasteiger partial charge in [0.2, 0.25) is 0 Å². The molecule has 0 aliphatic carbocycles. The minimum absolute atomic E-state index is 0.0552. The molecule has 1 N–H and O–H groups in total. The van der Waals surface area contributed by atoms with Crippen molar-refractivity contribution >= 4 is 0 Å². The fourth-order valence-electron chi connectivity index (χ4n) is 2.36. The Morgan fingerprint density at radius 2 is 1.36 bits per heavy atom. The van der Waals surface area contributed by atoms with Gasteiger partial charge in [-0.3, -0.25) is 0 Å². The summed E-state index contributed by atoms with van der Waals surface area (Å²) in [5.74, 6) is 0.842. The highest BCUT2D eigenvalue weighted by Crippen LogP contribution is 2.22. The van der Waals surface area contributed by atoms with Gasteiger partial charge in [-0.1, -0.05) is 66.7 Å². The van der Waals surface area contributed by atoms with Crippen LogP contribution in [0.1, 0.15) is 11.1 Å². The molecule has 110 valence electrons. The topological polar surface area (TPSA) is 29.5 Å². The predicted molar refractivity (Wildman–Crippen MR) is 88.6 cm³/mol. The molecule has 2 heteroatoms. The van der Waals surface area contributed by atoms with Crippen LogP contribution in [-0.4, -0.2) is 5.11 Å². The van der Waals surface area contributed by atoms with Crippen molar-refractivity contribution in [2.75, 3.05) is 0 Å². The van der Waals surface area contributed by atoms with Crippen LogP contribution >= 0.6 is 0 Å². The molecule has 0 saturated carbocycles. The summed E-state index contributed by atoms with van der Waals surface area (Å²) >= 11 is 0. The number of aliphatic hydroxyl groups excluding tert-OH is 1. The van der Waals surface area contributed by atoms with Gasteiger partial charge in [-0.25, -0.2) is 0 Å². The molecule has 0 aliphatic rings. The Kier molecular flexibility index (Phi) is 4.52. The average Bonchev–Trinajstić information content (AvgIpc) is 2.61. The maximum absolute atomic E-state index is 9.15. The summed E-state index contributed by atoms with van der Waals surface area (Å²) in [5.41, 5.74) is 4.33. The standard InChI is InChI=1S/C20H18O2/c21-14-16-5-4-6-17(13-16)15-22-20-11-9-19(10-12-20)18-7-2-1-3-8-18/h1-13,21H,14-15H2. The van der Waals surface area contributed by atoms with E-state index in [0.717, 1.165) is 16.9 Å².